The third-order valence-electron chi connectivity index (χ3n) is 4.53. The molecule has 136 valence electrons. The molecule has 0 aliphatic heterocycles. The van der Waals surface area contributed by atoms with E-state index in [4.69, 9.17) is 4.74 Å². The number of allylic oxidation sites excluding steroid dienone is 1. The predicted molar refractivity (Wildman–Crippen MR) is 92.1 cm³/mol. The summed E-state index contributed by atoms with van der Waals surface area (Å²) in [5.74, 6) is -1.69. The number of hydrogen-bond acceptors (Lipinski definition) is 4. The molecule has 0 spiro atoms. The van der Waals surface area contributed by atoms with Gasteiger partial charge in [-0.25, -0.2) is 0 Å². The van der Waals surface area contributed by atoms with E-state index in [1.54, 1.807) is 13.0 Å². The van der Waals surface area contributed by atoms with Gasteiger partial charge in [-0.3, -0.25) is 14.4 Å². The van der Waals surface area contributed by atoms with Gasteiger partial charge in [-0.2, -0.15) is 0 Å². The quantitative estimate of drug-likeness (QED) is 0.402. The third-order valence-corrected chi connectivity index (χ3v) is 4.53. The Balaban J connectivity index is 3.16. The highest BCUT2D eigenvalue weighted by molar-refractivity contribution is 5.96. The minimum atomic E-state index is -1.27. The number of ether oxygens (including phenoxy) is 1. The number of carbonyl (C=O) groups excluding carboxylic acids is 3. The lowest BCUT2D eigenvalue weighted by Crippen LogP contribution is -2.66. The van der Waals surface area contributed by atoms with Gasteiger partial charge in [0.2, 0.25) is 11.8 Å². The molecule has 2 amide bonds. The maximum Gasteiger partial charge on any atom is 0.311 e. The Hall–Kier alpha value is -1.85. The molecule has 6 heteroatoms. The first-order valence-electron chi connectivity index (χ1n) is 8.77. The van der Waals surface area contributed by atoms with Gasteiger partial charge in [0.05, 0.1) is 12.5 Å². The average Bonchev–Trinajstić information content (AvgIpc) is 2.54. The van der Waals surface area contributed by atoms with Gasteiger partial charge in [0.15, 0.2) is 0 Å². The van der Waals surface area contributed by atoms with E-state index in [0.717, 1.165) is 19.3 Å². The molecule has 0 heterocycles. The van der Waals surface area contributed by atoms with Gasteiger partial charge in [-0.15, -0.1) is 6.58 Å². The Kier molecular flexibility index (Phi) is 7.95. The Morgan fingerprint density at radius 2 is 2.00 bits per heavy atom. The molecule has 1 saturated carbocycles. The summed E-state index contributed by atoms with van der Waals surface area (Å²) < 4.78 is 5.17. The number of nitrogens with one attached hydrogen (secondary N) is 2. The Morgan fingerprint density at radius 1 is 1.29 bits per heavy atom. The van der Waals surface area contributed by atoms with Crippen molar-refractivity contribution in [2.75, 3.05) is 13.2 Å². The van der Waals surface area contributed by atoms with Crippen molar-refractivity contribution >= 4 is 17.8 Å². The van der Waals surface area contributed by atoms with Gasteiger partial charge in [0, 0.05) is 13.5 Å². The van der Waals surface area contributed by atoms with E-state index in [-0.39, 0.29) is 24.3 Å². The summed E-state index contributed by atoms with van der Waals surface area (Å²) in [6.07, 6.45) is 5.17. The van der Waals surface area contributed by atoms with Gasteiger partial charge < -0.3 is 15.4 Å². The highest BCUT2D eigenvalue weighted by atomic mass is 16.5. The molecule has 3 unspecified atom stereocenters. The number of carbonyl (C=O) groups is 3. The highest BCUT2D eigenvalue weighted by Gasteiger charge is 2.53. The lowest BCUT2D eigenvalue weighted by atomic mass is 9.67. The van der Waals surface area contributed by atoms with Crippen LogP contribution < -0.4 is 10.6 Å². The van der Waals surface area contributed by atoms with Crippen LogP contribution in [0.5, 0.6) is 0 Å². The lowest BCUT2D eigenvalue weighted by molar-refractivity contribution is -0.158. The molecule has 1 fully saturated rings. The summed E-state index contributed by atoms with van der Waals surface area (Å²) >= 11 is 0. The smallest absolute Gasteiger partial charge is 0.311 e. The zero-order valence-electron chi connectivity index (χ0n) is 15.0. The first-order chi connectivity index (χ1) is 11.4. The summed E-state index contributed by atoms with van der Waals surface area (Å²) in [7, 11) is 0. The monoisotopic (exact) mass is 338 g/mol. The topological polar surface area (TPSA) is 84.5 Å². The van der Waals surface area contributed by atoms with E-state index in [1.807, 2.05) is 6.92 Å². The summed E-state index contributed by atoms with van der Waals surface area (Å²) in [6, 6.07) is 0. The number of hydrogen-bond donors (Lipinski definition) is 2. The van der Waals surface area contributed by atoms with Crippen molar-refractivity contribution in [3.05, 3.63) is 12.7 Å². The van der Waals surface area contributed by atoms with Crippen LogP contribution in [0, 0.1) is 11.8 Å². The van der Waals surface area contributed by atoms with Crippen LogP contribution in [0.25, 0.3) is 0 Å². The Morgan fingerprint density at radius 3 is 2.54 bits per heavy atom. The van der Waals surface area contributed by atoms with Gasteiger partial charge in [-0.1, -0.05) is 19.4 Å². The van der Waals surface area contributed by atoms with Crippen LogP contribution in [0.2, 0.25) is 0 Å². The summed E-state index contributed by atoms with van der Waals surface area (Å²) in [5.41, 5.74) is -1.27. The molecule has 0 aromatic rings. The van der Waals surface area contributed by atoms with E-state index in [1.165, 1.54) is 6.92 Å². The normalized spacial score (nSPS) is 26.3. The molecule has 3 atom stereocenters. The molecule has 2 N–H and O–H groups in total. The van der Waals surface area contributed by atoms with Gasteiger partial charge >= 0.3 is 5.97 Å². The van der Waals surface area contributed by atoms with Crippen LogP contribution >= 0.6 is 0 Å². The van der Waals surface area contributed by atoms with Crippen LogP contribution in [0.1, 0.15) is 52.9 Å². The fourth-order valence-corrected chi connectivity index (χ4v) is 3.34. The second-order valence-corrected chi connectivity index (χ2v) is 6.34. The van der Waals surface area contributed by atoms with E-state index in [0.29, 0.717) is 19.4 Å². The van der Waals surface area contributed by atoms with Crippen LogP contribution in [-0.2, 0) is 19.1 Å². The molecule has 1 rings (SSSR count). The molecule has 0 bridgehead atoms. The molecule has 6 nitrogen and oxygen atoms in total. The van der Waals surface area contributed by atoms with Crippen molar-refractivity contribution in [1.82, 2.24) is 10.6 Å². The van der Waals surface area contributed by atoms with Crippen LogP contribution in [0.15, 0.2) is 12.7 Å². The minimum Gasteiger partial charge on any atom is -0.466 e. The molecule has 1 aliphatic rings. The number of rotatable bonds is 8. The SMILES string of the molecule is C=CC1CCC(C(=O)OCC)C(NC(C)=O)(C(=O)NCCCC)C1. The predicted octanol–water partition coefficient (Wildman–Crippen LogP) is 1.94. The second-order valence-electron chi connectivity index (χ2n) is 6.34. The minimum absolute atomic E-state index is 0.0689. The van der Waals surface area contributed by atoms with Crippen molar-refractivity contribution < 1.29 is 19.1 Å². The van der Waals surface area contributed by atoms with Crippen LogP contribution in [0.3, 0.4) is 0 Å². The number of amides is 2. The number of unbranched alkanes of at least 4 members (excludes halogenated alkanes) is 1. The zero-order valence-corrected chi connectivity index (χ0v) is 15.0. The van der Waals surface area contributed by atoms with Crippen molar-refractivity contribution in [1.29, 1.82) is 0 Å². The lowest BCUT2D eigenvalue weighted by Gasteiger charge is -2.44. The number of esters is 1. The Bertz CT molecular complexity index is 478. The van der Waals surface area contributed by atoms with Crippen LogP contribution in [0.4, 0.5) is 0 Å². The fourth-order valence-electron chi connectivity index (χ4n) is 3.34. The van der Waals surface area contributed by atoms with E-state index in [2.05, 4.69) is 17.2 Å². The van der Waals surface area contributed by atoms with Crippen molar-refractivity contribution in [3.8, 4) is 0 Å². The maximum atomic E-state index is 12.9. The van der Waals surface area contributed by atoms with Gasteiger partial charge in [-0.05, 0) is 38.5 Å². The van der Waals surface area contributed by atoms with E-state index < -0.39 is 17.4 Å². The highest BCUT2D eigenvalue weighted by Crippen LogP contribution is 2.39. The van der Waals surface area contributed by atoms with Crippen molar-refractivity contribution in [2.45, 2.75) is 58.4 Å². The maximum absolute atomic E-state index is 12.9. The first kappa shape index (κ1) is 20.2. The molecule has 24 heavy (non-hydrogen) atoms. The zero-order chi connectivity index (χ0) is 18.2. The third kappa shape index (κ3) is 4.82. The molecule has 1 aliphatic carbocycles. The molecule has 0 radical (unpaired) electrons. The largest absolute Gasteiger partial charge is 0.466 e. The Labute approximate surface area is 144 Å². The molecular formula is C18H30N2O4. The van der Waals surface area contributed by atoms with Crippen LogP contribution in [-0.4, -0.2) is 36.5 Å². The van der Waals surface area contributed by atoms with Gasteiger partial charge in [0.1, 0.15) is 5.54 Å². The van der Waals surface area contributed by atoms with Crippen molar-refractivity contribution in [2.24, 2.45) is 11.8 Å². The first-order valence-corrected chi connectivity index (χ1v) is 8.77. The average molecular weight is 338 g/mol. The standard InChI is InChI=1S/C18H30N2O4/c1-5-8-11-19-17(23)18(20-13(4)21)12-14(6-2)9-10-15(18)16(22)24-7-3/h6,14-15H,2,5,7-12H2,1,3-4H3,(H,19,23)(H,20,21). The molecule has 0 aromatic heterocycles. The van der Waals surface area contributed by atoms with E-state index in [9.17, 15) is 14.4 Å². The van der Waals surface area contributed by atoms with Gasteiger partial charge in [0.25, 0.3) is 0 Å². The summed E-state index contributed by atoms with van der Waals surface area (Å²) in [6.45, 7) is 9.70. The molecular weight excluding hydrogens is 308 g/mol. The van der Waals surface area contributed by atoms with E-state index >= 15 is 0 Å². The second kappa shape index (κ2) is 9.45. The summed E-state index contributed by atoms with van der Waals surface area (Å²) in [4.78, 5) is 37.2. The molecule has 0 aromatic carbocycles. The van der Waals surface area contributed by atoms with Crippen molar-refractivity contribution in [3.63, 3.8) is 0 Å². The fraction of sp³-hybridized carbons (Fsp3) is 0.722. The summed E-state index contributed by atoms with van der Waals surface area (Å²) in [5, 5.41) is 5.65. The molecule has 0 saturated heterocycles.